The number of aromatic nitrogens is 4. The van der Waals surface area contributed by atoms with Crippen LogP contribution in [0.25, 0.3) is 5.70 Å². The van der Waals surface area contributed by atoms with Crippen molar-refractivity contribution < 1.29 is 8.78 Å². The first-order valence-corrected chi connectivity index (χ1v) is 6.99. The maximum Gasteiger partial charge on any atom is 0.248 e. The van der Waals surface area contributed by atoms with Crippen LogP contribution in [-0.2, 0) is 0 Å². The third-order valence-electron chi connectivity index (χ3n) is 3.69. The number of halogens is 2. The number of benzene rings is 2. The van der Waals surface area contributed by atoms with E-state index >= 15 is 0 Å². The summed E-state index contributed by atoms with van der Waals surface area (Å²) in [5, 5.41) is 14.7. The second-order valence-electron chi connectivity index (χ2n) is 5.16. The van der Waals surface area contributed by atoms with E-state index in [9.17, 15) is 8.78 Å². The SMILES string of the molecule is Fc1ccc(C2=C[C@H](c3ccc(F)cc3)n3nnnc3N2)cc1. The Kier molecular flexibility index (Phi) is 3.11. The van der Waals surface area contributed by atoms with Crippen LogP contribution in [-0.4, -0.2) is 20.2 Å². The Morgan fingerprint density at radius 3 is 2.26 bits per heavy atom. The van der Waals surface area contributed by atoms with Gasteiger partial charge in [0.05, 0.1) is 0 Å². The van der Waals surface area contributed by atoms with Crippen molar-refractivity contribution in [2.24, 2.45) is 0 Å². The van der Waals surface area contributed by atoms with Crippen molar-refractivity contribution in [2.75, 3.05) is 5.32 Å². The van der Waals surface area contributed by atoms with E-state index in [2.05, 4.69) is 20.8 Å². The number of allylic oxidation sites excluding steroid dienone is 1. The molecule has 0 radical (unpaired) electrons. The molecule has 1 N–H and O–H groups in total. The van der Waals surface area contributed by atoms with E-state index in [1.165, 1.54) is 24.3 Å². The summed E-state index contributed by atoms with van der Waals surface area (Å²) in [4.78, 5) is 0. The molecule has 1 aromatic heterocycles. The predicted molar refractivity (Wildman–Crippen MR) is 80.4 cm³/mol. The average Bonchev–Trinajstić information content (AvgIpc) is 3.04. The topological polar surface area (TPSA) is 55.6 Å². The molecular formula is C16H11F2N5. The molecule has 0 spiro atoms. The number of rotatable bonds is 2. The number of anilines is 1. The molecule has 0 aliphatic carbocycles. The molecule has 1 aliphatic heterocycles. The molecule has 1 aliphatic rings. The summed E-state index contributed by atoms with van der Waals surface area (Å²) in [5.41, 5.74) is 2.43. The molecule has 0 bridgehead atoms. The van der Waals surface area contributed by atoms with E-state index in [1.54, 1.807) is 28.9 Å². The van der Waals surface area contributed by atoms with Gasteiger partial charge in [-0.2, -0.15) is 4.68 Å². The molecule has 0 saturated heterocycles. The fourth-order valence-electron chi connectivity index (χ4n) is 2.55. The summed E-state index contributed by atoms with van der Waals surface area (Å²) in [7, 11) is 0. The highest BCUT2D eigenvalue weighted by Gasteiger charge is 2.24. The van der Waals surface area contributed by atoms with Crippen molar-refractivity contribution in [1.82, 2.24) is 20.2 Å². The van der Waals surface area contributed by atoms with Crippen molar-refractivity contribution in [3.63, 3.8) is 0 Å². The molecule has 0 saturated carbocycles. The Labute approximate surface area is 130 Å². The van der Waals surface area contributed by atoms with Gasteiger partial charge in [0.25, 0.3) is 0 Å². The van der Waals surface area contributed by atoms with Crippen LogP contribution >= 0.6 is 0 Å². The fraction of sp³-hybridized carbons (Fsp3) is 0.0625. The lowest BCUT2D eigenvalue weighted by Crippen LogP contribution is -2.20. The highest BCUT2D eigenvalue weighted by molar-refractivity contribution is 5.76. The fourth-order valence-corrected chi connectivity index (χ4v) is 2.55. The molecule has 0 unspecified atom stereocenters. The van der Waals surface area contributed by atoms with Gasteiger partial charge in [0.15, 0.2) is 0 Å². The average molecular weight is 311 g/mol. The summed E-state index contributed by atoms with van der Waals surface area (Å²) in [5.74, 6) is -0.131. The molecule has 0 fully saturated rings. The second-order valence-corrected chi connectivity index (χ2v) is 5.16. The van der Waals surface area contributed by atoms with E-state index in [-0.39, 0.29) is 17.7 Å². The minimum Gasteiger partial charge on any atom is -0.323 e. The van der Waals surface area contributed by atoms with Crippen molar-refractivity contribution in [1.29, 1.82) is 0 Å². The van der Waals surface area contributed by atoms with Crippen LogP contribution in [0, 0.1) is 11.6 Å². The highest BCUT2D eigenvalue weighted by atomic mass is 19.1. The van der Waals surface area contributed by atoms with Crippen LogP contribution in [0.4, 0.5) is 14.7 Å². The quantitative estimate of drug-likeness (QED) is 0.790. The number of hydrogen-bond donors (Lipinski definition) is 1. The summed E-state index contributed by atoms with van der Waals surface area (Å²) in [6.45, 7) is 0. The molecule has 7 heteroatoms. The Morgan fingerprint density at radius 1 is 0.913 bits per heavy atom. The Balaban J connectivity index is 1.79. The van der Waals surface area contributed by atoms with Crippen LogP contribution in [0.3, 0.4) is 0 Å². The second kappa shape index (κ2) is 5.28. The monoisotopic (exact) mass is 311 g/mol. The maximum absolute atomic E-state index is 13.2. The van der Waals surface area contributed by atoms with Gasteiger partial charge < -0.3 is 5.32 Å². The van der Waals surface area contributed by atoms with Crippen LogP contribution in [0.5, 0.6) is 0 Å². The van der Waals surface area contributed by atoms with Gasteiger partial charge in [-0.15, -0.1) is 0 Å². The lowest BCUT2D eigenvalue weighted by Gasteiger charge is -2.23. The first kappa shape index (κ1) is 13.6. The Morgan fingerprint density at radius 2 is 1.57 bits per heavy atom. The van der Waals surface area contributed by atoms with Gasteiger partial charge in [0.1, 0.15) is 17.7 Å². The molecule has 0 amide bonds. The first-order valence-electron chi connectivity index (χ1n) is 6.99. The van der Waals surface area contributed by atoms with Crippen LogP contribution < -0.4 is 5.32 Å². The molecule has 2 heterocycles. The van der Waals surface area contributed by atoms with Crippen molar-refractivity contribution >= 4 is 11.6 Å². The van der Waals surface area contributed by atoms with E-state index in [0.717, 1.165) is 16.8 Å². The number of fused-ring (bicyclic) bond motifs is 1. The Bertz CT molecular complexity index is 868. The van der Waals surface area contributed by atoms with Crippen molar-refractivity contribution in [2.45, 2.75) is 6.04 Å². The lowest BCUT2D eigenvalue weighted by molar-refractivity contribution is 0.582. The smallest absolute Gasteiger partial charge is 0.248 e. The lowest BCUT2D eigenvalue weighted by atomic mass is 10.0. The third kappa shape index (κ3) is 2.46. The zero-order valence-corrected chi connectivity index (χ0v) is 11.8. The van der Waals surface area contributed by atoms with Gasteiger partial charge in [-0.25, -0.2) is 8.78 Å². The number of tetrazole rings is 1. The standard InChI is InChI=1S/C16H11F2N5/c17-12-5-1-10(2-6-12)14-9-15(11-3-7-13(18)8-4-11)23-16(19-14)20-21-22-23/h1-9,15H,(H,19,20,22)/t15-/m1/s1. The van der Waals surface area contributed by atoms with Crippen molar-refractivity contribution in [3.8, 4) is 0 Å². The minimum atomic E-state index is -0.303. The molecule has 2 aromatic carbocycles. The van der Waals surface area contributed by atoms with Gasteiger partial charge in [-0.3, -0.25) is 0 Å². The Hall–Kier alpha value is -3.09. The molecular weight excluding hydrogens is 300 g/mol. The maximum atomic E-state index is 13.2. The van der Waals surface area contributed by atoms with Gasteiger partial charge in [0.2, 0.25) is 5.95 Å². The predicted octanol–water partition coefficient (Wildman–Crippen LogP) is 3.01. The zero-order chi connectivity index (χ0) is 15.8. The number of nitrogens with one attached hydrogen (secondary N) is 1. The molecule has 5 nitrogen and oxygen atoms in total. The van der Waals surface area contributed by atoms with Crippen LogP contribution in [0.1, 0.15) is 17.2 Å². The normalized spacial score (nSPS) is 16.4. The molecule has 23 heavy (non-hydrogen) atoms. The van der Waals surface area contributed by atoms with Crippen LogP contribution in [0.15, 0.2) is 54.6 Å². The molecule has 114 valence electrons. The molecule has 1 atom stereocenters. The van der Waals surface area contributed by atoms with Crippen molar-refractivity contribution in [3.05, 3.63) is 77.4 Å². The summed E-state index contributed by atoms with van der Waals surface area (Å²) in [6.07, 6.45) is 1.92. The first-order chi connectivity index (χ1) is 11.2. The number of nitrogens with zero attached hydrogens (tertiary/aromatic N) is 4. The summed E-state index contributed by atoms with van der Waals surface area (Å²) >= 11 is 0. The summed E-state index contributed by atoms with van der Waals surface area (Å²) < 4.78 is 27.9. The number of hydrogen-bond acceptors (Lipinski definition) is 4. The molecule has 4 rings (SSSR count). The van der Waals surface area contributed by atoms with Gasteiger partial charge in [0, 0.05) is 5.70 Å². The molecule has 3 aromatic rings. The van der Waals surface area contributed by atoms with E-state index in [0.29, 0.717) is 5.95 Å². The van der Waals surface area contributed by atoms with E-state index in [1.807, 2.05) is 6.08 Å². The van der Waals surface area contributed by atoms with Crippen LogP contribution in [0.2, 0.25) is 0 Å². The van der Waals surface area contributed by atoms with Gasteiger partial charge >= 0.3 is 0 Å². The minimum absolute atomic E-state index is 0.276. The van der Waals surface area contributed by atoms with Gasteiger partial charge in [-0.05, 0) is 64.0 Å². The largest absolute Gasteiger partial charge is 0.323 e. The van der Waals surface area contributed by atoms with E-state index in [4.69, 9.17) is 0 Å². The van der Waals surface area contributed by atoms with Gasteiger partial charge in [-0.1, -0.05) is 17.2 Å². The highest BCUT2D eigenvalue weighted by Crippen LogP contribution is 2.31. The summed E-state index contributed by atoms with van der Waals surface area (Å²) in [6, 6.07) is 12.0. The zero-order valence-electron chi connectivity index (χ0n) is 11.8. The third-order valence-corrected chi connectivity index (χ3v) is 3.69. The van der Waals surface area contributed by atoms with E-state index < -0.39 is 0 Å².